The minimum atomic E-state index is -1.17. The first-order chi connectivity index (χ1) is 7.55. The topological polar surface area (TPSA) is 99.5 Å². The summed E-state index contributed by atoms with van der Waals surface area (Å²) in [6.45, 7) is 0. The van der Waals surface area contributed by atoms with E-state index in [2.05, 4.69) is 10.3 Å². The van der Waals surface area contributed by atoms with Crippen molar-refractivity contribution in [3.8, 4) is 5.75 Å². The van der Waals surface area contributed by atoms with Crippen molar-refractivity contribution in [3.05, 3.63) is 24.0 Å². The van der Waals surface area contributed by atoms with Crippen LogP contribution in [0.5, 0.6) is 5.75 Å². The maximum absolute atomic E-state index is 11.6. The second-order valence-electron chi connectivity index (χ2n) is 3.71. The van der Waals surface area contributed by atoms with Gasteiger partial charge in [-0.05, 0) is 25.0 Å². The lowest BCUT2D eigenvalue weighted by Gasteiger charge is -2.12. The predicted molar refractivity (Wildman–Crippen MR) is 53.0 cm³/mol. The Morgan fingerprint density at radius 3 is 2.62 bits per heavy atom. The fourth-order valence-corrected chi connectivity index (χ4v) is 1.37. The van der Waals surface area contributed by atoms with Crippen LogP contribution >= 0.6 is 0 Å². The first-order valence-electron chi connectivity index (χ1n) is 4.75. The largest absolute Gasteiger partial charge is 0.505 e. The van der Waals surface area contributed by atoms with Crippen LogP contribution in [0, 0.1) is 0 Å². The number of aliphatic carboxylic acids is 1. The Labute approximate surface area is 90.9 Å². The van der Waals surface area contributed by atoms with E-state index in [1.165, 1.54) is 18.3 Å². The summed E-state index contributed by atoms with van der Waals surface area (Å²) >= 11 is 0. The number of pyridine rings is 1. The summed E-state index contributed by atoms with van der Waals surface area (Å²) in [4.78, 5) is 26.2. The molecule has 0 saturated heterocycles. The van der Waals surface area contributed by atoms with Crippen molar-refractivity contribution < 1.29 is 19.8 Å². The Balaban J connectivity index is 2.16. The summed E-state index contributed by atoms with van der Waals surface area (Å²) in [5.74, 6) is -1.99. The van der Waals surface area contributed by atoms with Gasteiger partial charge in [0.05, 0.1) is 0 Å². The number of carbonyl (C=O) groups is 2. The number of hydrogen-bond donors (Lipinski definition) is 3. The van der Waals surface area contributed by atoms with Crippen molar-refractivity contribution in [1.29, 1.82) is 0 Å². The Morgan fingerprint density at radius 2 is 2.12 bits per heavy atom. The van der Waals surface area contributed by atoms with Crippen molar-refractivity contribution in [2.24, 2.45) is 0 Å². The molecule has 3 N–H and O–H groups in total. The van der Waals surface area contributed by atoms with Crippen LogP contribution in [-0.2, 0) is 4.79 Å². The van der Waals surface area contributed by atoms with Crippen LogP contribution in [0.25, 0.3) is 0 Å². The van der Waals surface area contributed by atoms with Gasteiger partial charge < -0.3 is 15.5 Å². The van der Waals surface area contributed by atoms with E-state index >= 15 is 0 Å². The molecule has 2 rings (SSSR count). The zero-order chi connectivity index (χ0) is 11.8. The molecule has 1 aromatic heterocycles. The first kappa shape index (κ1) is 10.4. The third-order valence-corrected chi connectivity index (χ3v) is 2.51. The van der Waals surface area contributed by atoms with Gasteiger partial charge in [0.1, 0.15) is 11.3 Å². The quantitative estimate of drug-likeness (QED) is 0.675. The Morgan fingerprint density at radius 1 is 1.44 bits per heavy atom. The highest BCUT2D eigenvalue weighted by Crippen LogP contribution is 2.35. The second kappa shape index (κ2) is 3.48. The molecule has 0 unspecified atom stereocenters. The van der Waals surface area contributed by atoms with E-state index in [1.807, 2.05) is 0 Å². The second-order valence-corrected chi connectivity index (χ2v) is 3.71. The standard InChI is InChI=1S/C10H10N2O4/c13-6-2-1-5-11-7(6)8(14)12-10(3-4-10)9(15)16/h1-2,5,13H,3-4H2,(H,12,14)(H,15,16). The molecule has 0 atom stereocenters. The van der Waals surface area contributed by atoms with Gasteiger partial charge >= 0.3 is 5.97 Å². The van der Waals surface area contributed by atoms with Gasteiger partial charge in [0, 0.05) is 6.20 Å². The molecule has 0 radical (unpaired) electrons. The number of carboxylic acids is 1. The molecule has 0 spiro atoms. The number of nitrogens with one attached hydrogen (secondary N) is 1. The fourth-order valence-electron chi connectivity index (χ4n) is 1.37. The predicted octanol–water partition coefficient (Wildman–Crippen LogP) is 0.134. The van der Waals surface area contributed by atoms with E-state index in [4.69, 9.17) is 5.11 Å². The van der Waals surface area contributed by atoms with Crippen LogP contribution in [0.3, 0.4) is 0 Å². The molecule has 6 nitrogen and oxygen atoms in total. The van der Waals surface area contributed by atoms with Crippen molar-refractivity contribution in [2.75, 3.05) is 0 Å². The third-order valence-electron chi connectivity index (χ3n) is 2.51. The van der Waals surface area contributed by atoms with Crippen LogP contribution in [0.1, 0.15) is 23.3 Å². The molecule has 0 aliphatic heterocycles. The zero-order valence-corrected chi connectivity index (χ0v) is 8.30. The number of hydrogen-bond acceptors (Lipinski definition) is 4. The number of carboxylic acid groups (broad SMARTS) is 1. The minimum Gasteiger partial charge on any atom is -0.505 e. The lowest BCUT2D eigenvalue weighted by Crippen LogP contribution is -2.43. The van der Waals surface area contributed by atoms with Crippen LogP contribution in [0.4, 0.5) is 0 Å². The van der Waals surface area contributed by atoms with Crippen molar-refractivity contribution in [2.45, 2.75) is 18.4 Å². The van der Waals surface area contributed by atoms with Crippen LogP contribution < -0.4 is 5.32 Å². The molecule has 1 fully saturated rings. The van der Waals surface area contributed by atoms with Crippen molar-refractivity contribution in [3.63, 3.8) is 0 Å². The summed E-state index contributed by atoms with van der Waals surface area (Å²) in [5.41, 5.74) is -1.32. The first-order valence-corrected chi connectivity index (χ1v) is 4.75. The van der Waals surface area contributed by atoms with Gasteiger partial charge in [0.15, 0.2) is 5.69 Å². The van der Waals surface area contributed by atoms with Crippen LogP contribution in [0.15, 0.2) is 18.3 Å². The van der Waals surface area contributed by atoms with E-state index in [9.17, 15) is 14.7 Å². The number of aromatic hydroxyl groups is 1. The maximum Gasteiger partial charge on any atom is 0.329 e. The Hall–Kier alpha value is -2.11. The normalized spacial score (nSPS) is 16.5. The molecule has 1 aliphatic carbocycles. The fraction of sp³-hybridized carbons (Fsp3) is 0.300. The van der Waals surface area contributed by atoms with Gasteiger partial charge in [-0.2, -0.15) is 0 Å². The summed E-state index contributed by atoms with van der Waals surface area (Å²) in [7, 11) is 0. The molecule has 1 heterocycles. The number of nitrogens with zero attached hydrogens (tertiary/aromatic N) is 1. The molecule has 1 saturated carbocycles. The van der Waals surface area contributed by atoms with Crippen LogP contribution in [-0.4, -0.2) is 32.6 Å². The van der Waals surface area contributed by atoms with Crippen LogP contribution in [0.2, 0.25) is 0 Å². The monoisotopic (exact) mass is 222 g/mol. The van der Waals surface area contributed by atoms with E-state index in [0.717, 1.165) is 0 Å². The highest BCUT2D eigenvalue weighted by molar-refractivity contribution is 5.99. The highest BCUT2D eigenvalue weighted by atomic mass is 16.4. The number of carbonyl (C=O) groups excluding carboxylic acids is 1. The third kappa shape index (κ3) is 1.69. The molecule has 16 heavy (non-hydrogen) atoms. The maximum atomic E-state index is 11.6. The summed E-state index contributed by atoms with van der Waals surface area (Å²) < 4.78 is 0. The zero-order valence-electron chi connectivity index (χ0n) is 8.30. The number of aromatic nitrogens is 1. The highest BCUT2D eigenvalue weighted by Gasteiger charge is 2.52. The Bertz CT molecular complexity index is 454. The van der Waals surface area contributed by atoms with Gasteiger partial charge in [0.25, 0.3) is 5.91 Å². The number of amides is 1. The SMILES string of the molecule is O=C(NC1(C(=O)O)CC1)c1ncccc1O. The minimum absolute atomic E-state index is 0.157. The molecular formula is C10H10N2O4. The van der Waals surface area contributed by atoms with E-state index in [1.54, 1.807) is 0 Å². The molecular weight excluding hydrogens is 212 g/mol. The van der Waals surface area contributed by atoms with E-state index in [0.29, 0.717) is 12.8 Å². The molecule has 0 aromatic carbocycles. The molecule has 84 valence electrons. The van der Waals surface area contributed by atoms with Crippen molar-refractivity contribution >= 4 is 11.9 Å². The Kier molecular flexibility index (Phi) is 2.26. The lowest BCUT2D eigenvalue weighted by molar-refractivity contribution is -0.140. The molecule has 1 aliphatic rings. The van der Waals surface area contributed by atoms with E-state index in [-0.39, 0.29) is 11.4 Å². The molecule has 0 bridgehead atoms. The summed E-state index contributed by atoms with van der Waals surface area (Å²) in [5, 5.41) is 20.6. The van der Waals surface area contributed by atoms with E-state index < -0.39 is 17.4 Å². The smallest absolute Gasteiger partial charge is 0.329 e. The molecule has 6 heteroatoms. The average Bonchev–Trinajstić information content (AvgIpc) is 2.99. The van der Waals surface area contributed by atoms with Gasteiger partial charge in [-0.25, -0.2) is 9.78 Å². The number of rotatable bonds is 3. The van der Waals surface area contributed by atoms with Crippen molar-refractivity contribution in [1.82, 2.24) is 10.3 Å². The molecule has 1 aromatic rings. The van der Waals surface area contributed by atoms with Gasteiger partial charge in [-0.3, -0.25) is 4.79 Å². The molecule has 1 amide bonds. The average molecular weight is 222 g/mol. The summed E-state index contributed by atoms with van der Waals surface area (Å²) in [6.07, 6.45) is 2.16. The lowest BCUT2D eigenvalue weighted by atomic mass is 10.2. The van der Waals surface area contributed by atoms with Gasteiger partial charge in [-0.1, -0.05) is 0 Å². The van der Waals surface area contributed by atoms with Gasteiger partial charge in [-0.15, -0.1) is 0 Å². The van der Waals surface area contributed by atoms with Gasteiger partial charge in [0.2, 0.25) is 0 Å². The summed E-state index contributed by atoms with van der Waals surface area (Å²) in [6, 6.07) is 2.80.